The van der Waals surface area contributed by atoms with Crippen LogP contribution in [0.25, 0.3) is 22.2 Å². The van der Waals surface area contributed by atoms with Crippen molar-refractivity contribution in [3.63, 3.8) is 0 Å². The molecule has 2 aromatic carbocycles. The maximum Gasteiger partial charge on any atom is 0.416 e. The molecule has 0 amide bonds. The summed E-state index contributed by atoms with van der Waals surface area (Å²) in [5, 5.41) is 0.212. The molecule has 0 bridgehead atoms. The van der Waals surface area contributed by atoms with Gasteiger partial charge in [-0.2, -0.15) is 22.0 Å². The summed E-state index contributed by atoms with van der Waals surface area (Å²) in [5.74, 6) is -0.869. The number of pyridine rings is 1. The topological polar surface area (TPSA) is 48.4 Å². The highest BCUT2D eigenvalue weighted by molar-refractivity contribution is 5.96. The fourth-order valence-electron chi connectivity index (χ4n) is 2.61. The molecule has 1 heterocycles. The van der Waals surface area contributed by atoms with Crippen LogP contribution in [0.4, 0.5) is 22.0 Å². The lowest BCUT2D eigenvalue weighted by Crippen LogP contribution is -2.05. The van der Waals surface area contributed by atoms with Crippen LogP contribution in [0.5, 0.6) is 5.75 Å². The maximum absolute atomic E-state index is 12.8. The summed E-state index contributed by atoms with van der Waals surface area (Å²) in [4.78, 5) is 16.0. The molecule has 3 rings (SSSR count). The highest BCUT2D eigenvalue weighted by Gasteiger charge is 2.30. The van der Waals surface area contributed by atoms with E-state index in [9.17, 15) is 26.7 Å². The van der Waals surface area contributed by atoms with Crippen LogP contribution in [0.1, 0.15) is 15.9 Å². The van der Waals surface area contributed by atoms with E-state index in [1.165, 1.54) is 43.5 Å². The van der Waals surface area contributed by atoms with E-state index in [-0.39, 0.29) is 33.5 Å². The van der Waals surface area contributed by atoms with E-state index in [1.54, 1.807) is 0 Å². The molecule has 1 aromatic heterocycles. The van der Waals surface area contributed by atoms with Crippen molar-refractivity contribution in [3.8, 4) is 17.0 Å². The second-order valence-corrected chi connectivity index (χ2v) is 5.68. The molecular formula is C19H12F5NO3. The molecule has 0 spiro atoms. The Hall–Kier alpha value is -3.23. The van der Waals surface area contributed by atoms with Gasteiger partial charge in [0.15, 0.2) is 0 Å². The van der Waals surface area contributed by atoms with Gasteiger partial charge in [0.25, 0.3) is 0 Å². The van der Waals surface area contributed by atoms with Gasteiger partial charge in [0.05, 0.1) is 29.4 Å². The first-order valence-electron chi connectivity index (χ1n) is 7.84. The molecule has 0 saturated carbocycles. The molecule has 0 radical (unpaired) electrons. The average Bonchev–Trinajstić information content (AvgIpc) is 2.65. The van der Waals surface area contributed by atoms with E-state index < -0.39 is 24.3 Å². The third-order valence-corrected chi connectivity index (χ3v) is 3.92. The molecule has 9 heteroatoms. The second kappa shape index (κ2) is 7.41. The number of ether oxygens (including phenoxy) is 2. The molecular weight excluding hydrogens is 385 g/mol. The number of halogens is 5. The summed E-state index contributed by atoms with van der Waals surface area (Å²) in [6.07, 6.45) is -4.51. The van der Waals surface area contributed by atoms with Crippen molar-refractivity contribution in [2.75, 3.05) is 7.11 Å². The quantitative estimate of drug-likeness (QED) is 0.442. The maximum atomic E-state index is 12.8. The number of fused-ring (bicyclic) bond motifs is 1. The highest BCUT2D eigenvalue weighted by atomic mass is 19.4. The average molecular weight is 397 g/mol. The van der Waals surface area contributed by atoms with Gasteiger partial charge >= 0.3 is 18.8 Å². The number of hydrogen-bond acceptors (Lipinski definition) is 4. The van der Waals surface area contributed by atoms with Crippen LogP contribution in [0.3, 0.4) is 0 Å². The van der Waals surface area contributed by atoms with Crippen molar-refractivity contribution < 1.29 is 36.2 Å². The number of carbonyl (C=O) groups excluding carboxylic acids is 1. The number of aromatic nitrogens is 1. The Labute approximate surface area is 155 Å². The zero-order valence-electron chi connectivity index (χ0n) is 14.3. The fourth-order valence-corrected chi connectivity index (χ4v) is 2.61. The zero-order chi connectivity index (χ0) is 20.5. The number of nitrogens with zero attached hydrogens (tertiary/aromatic N) is 1. The highest BCUT2D eigenvalue weighted by Crippen LogP contribution is 2.34. The molecule has 146 valence electrons. The minimum absolute atomic E-state index is 0.110. The lowest BCUT2D eigenvalue weighted by molar-refractivity contribution is -0.137. The van der Waals surface area contributed by atoms with Crippen LogP contribution in [-0.4, -0.2) is 24.7 Å². The Bertz CT molecular complexity index is 1020. The van der Waals surface area contributed by atoms with Gasteiger partial charge in [0, 0.05) is 17.0 Å². The lowest BCUT2D eigenvalue weighted by atomic mass is 10.1. The minimum Gasteiger partial charge on any atom is -0.465 e. The summed E-state index contributed by atoms with van der Waals surface area (Å²) in [6, 6.07) is 9.34. The Morgan fingerprint density at radius 3 is 2.29 bits per heavy atom. The molecule has 0 saturated heterocycles. The van der Waals surface area contributed by atoms with Gasteiger partial charge in [-0.3, -0.25) is 0 Å². The second-order valence-electron chi connectivity index (χ2n) is 5.68. The van der Waals surface area contributed by atoms with E-state index >= 15 is 0 Å². The number of esters is 1. The summed E-state index contributed by atoms with van der Waals surface area (Å²) >= 11 is 0. The molecule has 0 unspecified atom stereocenters. The monoisotopic (exact) mass is 397 g/mol. The van der Waals surface area contributed by atoms with Crippen LogP contribution < -0.4 is 4.74 Å². The Balaban J connectivity index is 2.14. The van der Waals surface area contributed by atoms with Crippen molar-refractivity contribution in [2.45, 2.75) is 12.8 Å². The van der Waals surface area contributed by atoms with Crippen LogP contribution in [0, 0.1) is 0 Å². The Morgan fingerprint density at radius 1 is 1.04 bits per heavy atom. The molecule has 0 N–H and O–H groups in total. The van der Waals surface area contributed by atoms with Gasteiger partial charge in [-0.25, -0.2) is 9.78 Å². The van der Waals surface area contributed by atoms with Crippen molar-refractivity contribution in [3.05, 3.63) is 59.7 Å². The molecule has 0 fully saturated rings. The van der Waals surface area contributed by atoms with Crippen LogP contribution in [0.2, 0.25) is 0 Å². The van der Waals surface area contributed by atoms with Crippen molar-refractivity contribution in [1.29, 1.82) is 0 Å². The van der Waals surface area contributed by atoms with Crippen molar-refractivity contribution >= 4 is 16.9 Å². The predicted molar refractivity (Wildman–Crippen MR) is 90.2 cm³/mol. The summed E-state index contributed by atoms with van der Waals surface area (Å²) in [6.45, 7) is -3.12. The van der Waals surface area contributed by atoms with E-state index in [4.69, 9.17) is 0 Å². The number of methoxy groups -OCH3 is 1. The predicted octanol–water partition coefficient (Wildman–Crippen LogP) is 5.31. The number of alkyl halides is 5. The lowest BCUT2D eigenvalue weighted by Gasteiger charge is -2.12. The van der Waals surface area contributed by atoms with Crippen LogP contribution >= 0.6 is 0 Å². The Kier molecular flexibility index (Phi) is 5.17. The number of carbonyl (C=O) groups is 1. The number of rotatable bonds is 4. The standard InChI is InChI=1S/C19H12F5NO3/c1-27-17(26)11-4-7-13-15(8-11)25-14(9-16(13)28-18(20)21)10-2-5-12(6-3-10)19(22,23)24/h2-9,18H,1H3. The fraction of sp³-hybridized carbons (Fsp3) is 0.158. The molecule has 0 aliphatic heterocycles. The van der Waals surface area contributed by atoms with Gasteiger partial charge in [-0.05, 0) is 30.3 Å². The third-order valence-electron chi connectivity index (χ3n) is 3.92. The van der Waals surface area contributed by atoms with E-state index in [0.29, 0.717) is 0 Å². The normalized spacial score (nSPS) is 11.7. The molecule has 0 atom stereocenters. The zero-order valence-corrected chi connectivity index (χ0v) is 14.3. The SMILES string of the molecule is COC(=O)c1ccc2c(OC(F)F)cc(-c3ccc(C(F)(F)F)cc3)nc2c1. The largest absolute Gasteiger partial charge is 0.465 e. The minimum atomic E-state index is -4.51. The van der Waals surface area contributed by atoms with Crippen molar-refractivity contribution in [1.82, 2.24) is 4.98 Å². The van der Waals surface area contributed by atoms with Crippen LogP contribution in [-0.2, 0) is 10.9 Å². The van der Waals surface area contributed by atoms with Gasteiger partial charge in [0.2, 0.25) is 0 Å². The molecule has 0 aliphatic rings. The Morgan fingerprint density at radius 2 is 1.71 bits per heavy atom. The van der Waals surface area contributed by atoms with Crippen molar-refractivity contribution in [2.24, 2.45) is 0 Å². The first kappa shape index (κ1) is 19.5. The summed E-state index contributed by atoms with van der Waals surface area (Å²) in [7, 11) is 1.18. The molecule has 4 nitrogen and oxygen atoms in total. The number of benzene rings is 2. The smallest absolute Gasteiger partial charge is 0.416 e. The summed E-state index contributed by atoms with van der Waals surface area (Å²) < 4.78 is 72.9. The van der Waals surface area contributed by atoms with Gasteiger partial charge in [-0.15, -0.1) is 0 Å². The van der Waals surface area contributed by atoms with Gasteiger partial charge in [-0.1, -0.05) is 12.1 Å². The summed E-state index contributed by atoms with van der Waals surface area (Å²) in [5.41, 5.74) is -0.198. The first-order valence-corrected chi connectivity index (χ1v) is 7.84. The van der Waals surface area contributed by atoms with Gasteiger partial charge < -0.3 is 9.47 Å². The third kappa shape index (κ3) is 4.03. The van der Waals surface area contributed by atoms with Crippen LogP contribution in [0.15, 0.2) is 48.5 Å². The molecule has 28 heavy (non-hydrogen) atoms. The van der Waals surface area contributed by atoms with E-state index in [0.717, 1.165) is 12.1 Å². The van der Waals surface area contributed by atoms with E-state index in [2.05, 4.69) is 14.5 Å². The molecule has 3 aromatic rings. The number of hydrogen-bond donors (Lipinski definition) is 0. The van der Waals surface area contributed by atoms with E-state index in [1.807, 2.05) is 0 Å². The van der Waals surface area contributed by atoms with Gasteiger partial charge in [0.1, 0.15) is 5.75 Å². The first-order chi connectivity index (χ1) is 13.2. The molecule has 0 aliphatic carbocycles.